The van der Waals surface area contributed by atoms with Gasteiger partial charge in [0.25, 0.3) is 0 Å². The Kier molecular flexibility index (Phi) is 3.02. The number of ether oxygens (including phenoxy) is 1. The van der Waals surface area contributed by atoms with Crippen LogP contribution in [-0.4, -0.2) is 33.5 Å². The first kappa shape index (κ1) is 10.6. The van der Waals surface area contributed by atoms with Crippen molar-refractivity contribution in [3.8, 4) is 0 Å². The second-order valence-electron chi connectivity index (χ2n) is 4.30. The van der Waals surface area contributed by atoms with E-state index in [1.54, 1.807) is 11.0 Å². The second kappa shape index (κ2) is 4.28. The SMILES string of the molecule is Cn1ncnc1CC1(N)CCCOCC1. The Morgan fingerprint density at radius 3 is 3.13 bits per heavy atom. The lowest BCUT2D eigenvalue weighted by Crippen LogP contribution is -2.43. The summed E-state index contributed by atoms with van der Waals surface area (Å²) in [7, 11) is 1.90. The molecule has 0 radical (unpaired) electrons. The van der Waals surface area contributed by atoms with E-state index in [9.17, 15) is 0 Å². The summed E-state index contributed by atoms with van der Waals surface area (Å²) in [6, 6.07) is 0. The molecule has 1 aromatic heterocycles. The summed E-state index contributed by atoms with van der Waals surface area (Å²) in [4.78, 5) is 4.22. The van der Waals surface area contributed by atoms with Crippen molar-refractivity contribution in [3.63, 3.8) is 0 Å². The molecule has 5 nitrogen and oxygen atoms in total. The summed E-state index contributed by atoms with van der Waals surface area (Å²) < 4.78 is 7.21. The van der Waals surface area contributed by atoms with Gasteiger partial charge in [0.1, 0.15) is 12.2 Å². The van der Waals surface area contributed by atoms with Crippen LogP contribution in [0.5, 0.6) is 0 Å². The predicted octanol–water partition coefficient (Wildman–Crippen LogP) is 0.256. The summed E-state index contributed by atoms with van der Waals surface area (Å²) in [5, 5.41) is 4.06. The second-order valence-corrected chi connectivity index (χ2v) is 4.30. The molecule has 1 aromatic rings. The minimum absolute atomic E-state index is 0.169. The number of rotatable bonds is 2. The Morgan fingerprint density at radius 1 is 1.53 bits per heavy atom. The number of aromatic nitrogens is 3. The van der Waals surface area contributed by atoms with E-state index in [-0.39, 0.29) is 5.54 Å². The fraction of sp³-hybridized carbons (Fsp3) is 0.800. The van der Waals surface area contributed by atoms with Gasteiger partial charge < -0.3 is 10.5 Å². The van der Waals surface area contributed by atoms with Crippen LogP contribution in [0.15, 0.2) is 6.33 Å². The van der Waals surface area contributed by atoms with E-state index in [1.165, 1.54) is 0 Å². The molecule has 1 saturated heterocycles. The van der Waals surface area contributed by atoms with E-state index in [2.05, 4.69) is 10.1 Å². The Morgan fingerprint density at radius 2 is 2.40 bits per heavy atom. The minimum atomic E-state index is -0.169. The number of nitrogens with two attached hydrogens (primary N) is 1. The van der Waals surface area contributed by atoms with Crippen LogP contribution in [0.25, 0.3) is 0 Å². The summed E-state index contributed by atoms with van der Waals surface area (Å²) >= 11 is 0. The fourth-order valence-electron chi connectivity index (χ4n) is 2.00. The van der Waals surface area contributed by atoms with Gasteiger partial charge in [-0.25, -0.2) is 4.98 Å². The zero-order chi connectivity index (χ0) is 10.7. The van der Waals surface area contributed by atoms with Crippen molar-refractivity contribution >= 4 is 0 Å². The zero-order valence-electron chi connectivity index (χ0n) is 9.15. The van der Waals surface area contributed by atoms with Crippen LogP contribution < -0.4 is 5.73 Å². The minimum Gasteiger partial charge on any atom is -0.381 e. The van der Waals surface area contributed by atoms with Gasteiger partial charge >= 0.3 is 0 Å². The van der Waals surface area contributed by atoms with Crippen molar-refractivity contribution < 1.29 is 4.74 Å². The molecule has 0 amide bonds. The van der Waals surface area contributed by atoms with Crippen LogP contribution in [0.3, 0.4) is 0 Å². The molecule has 1 atom stereocenters. The molecule has 0 saturated carbocycles. The van der Waals surface area contributed by atoms with Crippen molar-refractivity contribution in [2.24, 2.45) is 12.8 Å². The molecule has 0 bridgehead atoms. The van der Waals surface area contributed by atoms with E-state index in [4.69, 9.17) is 10.5 Å². The smallest absolute Gasteiger partial charge is 0.138 e. The van der Waals surface area contributed by atoms with Gasteiger partial charge in [-0.2, -0.15) is 5.10 Å². The third-order valence-corrected chi connectivity index (χ3v) is 3.02. The van der Waals surface area contributed by atoms with E-state index >= 15 is 0 Å². The van der Waals surface area contributed by atoms with Crippen molar-refractivity contribution in [3.05, 3.63) is 12.2 Å². The summed E-state index contributed by atoms with van der Waals surface area (Å²) in [5.41, 5.74) is 6.19. The van der Waals surface area contributed by atoms with E-state index in [0.29, 0.717) is 0 Å². The summed E-state index contributed by atoms with van der Waals surface area (Å²) in [6.07, 6.45) is 5.30. The van der Waals surface area contributed by atoms with Gasteiger partial charge in [0.15, 0.2) is 0 Å². The third-order valence-electron chi connectivity index (χ3n) is 3.02. The van der Waals surface area contributed by atoms with Crippen LogP contribution in [0.2, 0.25) is 0 Å². The summed E-state index contributed by atoms with van der Waals surface area (Å²) in [5.74, 6) is 0.958. The molecular formula is C10H18N4O. The van der Waals surface area contributed by atoms with Crippen molar-refractivity contribution in [2.45, 2.75) is 31.2 Å². The highest BCUT2D eigenvalue weighted by atomic mass is 16.5. The van der Waals surface area contributed by atoms with Crippen molar-refractivity contribution in [2.75, 3.05) is 13.2 Å². The number of hydrogen-bond acceptors (Lipinski definition) is 4. The molecule has 5 heteroatoms. The lowest BCUT2D eigenvalue weighted by Gasteiger charge is -2.26. The highest BCUT2D eigenvalue weighted by Gasteiger charge is 2.28. The Bertz CT molecular complexity index is 315. The monoisotopic (exact) mass is 210 g/mol. The van der Waals surface area contributed by atoms with Gasteiger partial charge in [-0.3, -0.25) is 4.68 Å². The van der Waals surface area contributed by atoms with Crippen molar-refractivity contribution in [1.82, 2.24) is 14.8 Å². The maximum atomic E-state index is 6.36. The maximum absolute atomic E-state index is 6.36. The highest BCUT2D eigenvalue weighted by Crippen LogP contribution is 2.22. The molecule has 1 unspecified atom stereocenters. The number of nitrogens with zero attached hydrogens (tertiary/aromatic N) is 3. The lowest BCUT2D eigenvalue weighted by atomic mass is 9.88. The Balaban J connectivity index is 2.05. The van der Waals surface area contributed by atoms with Gasteiger partial charge in [-0.1, -0.05) is 0 Å². The first-order chi connectivity index (χ1) is 7.20. The molecule has 1 fully saturated rings. The van der Waals surface area contributed by atoms with Crippen LogP contribution in [0.4, 0.5) is 0 Å². The van der Waals surface area contributed by atoms with Gasteiger partial charge in [-0.05, 0) is 19.3 Å². The molecule has 15 heavy (non-hydrogen) atoms. The first-order valence-electron chi connectivity index (χ1n) is 5.39. The largest absolute Gasteiger partial charge is 0.381 e. The standard InChI is InChI=1S/C10H18N4O/c1-14-9(12-8-13-14)7-10(11)3-2-5-15-6-4-10/h8H,2-7,11H2,1H3. The molecule has 0 aliphatic carbocycles. The topological polar surface area (TPSA) is 66.0 Å². The van der Waals surface area contributed by atoms with Gasteiger partial charge in [0.05, 0.1) is 0 Å². The van der Waals surface area contributed by atoms with Crippen LogP contribution in [0, 0.1) is 0 Å². The Hall–Kier alpha value is -0.940. The third kappa shape index (κ3) is 2.54. The quantitative estimate of drug-likeness (QED) is 0.760. The van der Waals surface area contributed by atoms with Crippen molar-refractivity contribution in [1.29, 1.82) is 0 Å². The number of aryl methyl sites for hydroxylation is 1. The normalized spacial score (nSPS) is 27.6. The molecule has 2 heterocycles. The molecule has 0 aromatic carbocycles. The molecule has 1 aliphatic rings. The van der Waals surface area contributed by atoms with E-state index in [1.807, 2.05) is 7.05 Å². The average Bonchev–Trinajstić information content (AvgIpc) is 2.48. The van der Waals surface area contributed by atoms with Gasteiger partial charge in [0.2, 0.25) is 0 Å². The van der Waals surface area contributed by atoms with Crippen LogP contribution in [0.1, 0.15) is 25.1 Å². The fourth-order valence-corrected chi connectivity index (χ4v) is 2.00. The van der Waals surface area contributed by atoms with Gasteiger partial charge in [-0.15, -0.1) is 0 Å². The molecular weight excluding hydrogens is 192 g/mol. The van der Waals surface area contributed by atoms with Gasteiger partial charge in [0, 0.05) is 32.2 Å². The van der Waals surface area contributed by atoms with E-state index < -0.39 is 0 Å². The highest BCUT2D eigenvalue weighted by molar-refractivity contribution is 4.97. The predicted molar refractivity (Wildman–Crippen MR) is 56.3 cm³/mol. The molecule has 0 spiro atoms. The average molecular weight is 210 g/mol. The first-order valence-corrected chi connectivity index (χ1v) is 5.39. The molecule has 84 valence electrons. The zero-order valence-corrected chi connectivity index (χ0v) is 9.15. The molecule has 2 rings (SSSR count). The number of hydrogen-bond donors (Lipinski definition) is 1. The van der Waals surface area contributed by atoms with Crippen LogP contribution in [-0.2, 0) is 18.2 Å². The lowest BCUT2D eigenvalue weighted by molar-refractivity contribution is 0.139. The molecule has 2 N–H and O–H groups in total. The van der Waals surface area contributed by atoms with E-state index in [0.717, 1.165) is 44.7 Å². The maximum Gasteiger partial charge on any atom is 0.138 e. The molecule has 1 aliphatic heterocycles. The van der Waals surface area contributed by atoms with Crippen LogP contribution >= 0.6 is 0 Å². The summed E-state index contributed by atoms with van der Waals surface area (Å²) in [6.45, 7) is 1.59. The Labute approximate surface area is 89.6 Å².